The van der Waals surface area contributed by atoms with Crippen LogP contribution < -0.4 is 15.0 Å². The molecule has 0 fully saturated rings. The summed E-state index contributed by atoms with van der Waals surface area (Å²) in [5, 5.41) is 16.9. The van der Waals surface area contributed by atoms with Gasteiger partial charge in [-0.3, -0.25) is 14.9 Å². The van der Waals surface area contributed by atoms with E-state index in [-0.39, 0.29) is 23.7 Å². The molecule has 6 rings (SSSR count). The number of fused-ring (bicyclic) bond motifs is 2. The van der Waals surface area contributed by atoms with Crippen molar-refractivity contribution in [3.05, 3.63) is 129 Å². The molecule has 0 N–H and O–H groups in total. The van der Waals surface area contributed by atoms with E-state index in [0.29, 0.717) is 51.5 Å². The van der Waals surface area contributed by atoms with Gasteiger partial charge in [0.15, 0.2) is 17.3 Å². The van der Waals surface area contributed by atoms with Crippen LogP contribution in [0.25, 0.3) is 33.5 Å². The lowest BCUT2D eigenvalue weighted by Crippen LogP contribution is -2.20. The van der Waals surface area contributed by atoms with Crippen molar-refractivity contribution in [1.29, 1.82) is 0 Å². The minimum absolute atomic E-state index is 0.00636. The van der Waals surface area contributed by atoms with Crippen molar-refractivity contribution in [2.24, 2.45) is 5.10 Å². The van der Waals surface area contributed by atoms with Crippen LogP contribution >= 0.6 is 0 Å². The Kier molecular flexibility index (Phi) is 7.17. The highest BCUT2D eigenvalue weighted by atomic mass is 16.6. The summed E-state index contributed by atoms with van der Waals surface area (Å²) < 4.78 is 19.0. The van der Waals surface area contributed by atoms with Crippen molar-refractivity contribution in [1.82, 2.24) is 9.66 Å². The Morgan fingerprint density at radius 3 is 2.62 bits per heavy atom. The molecule has 2 heterocycles. The molecule has 4 aromatic carbocycles. The summed E-state index contributed by atoms with van der Waals surface area (Å²) in [6.45, 7) is 2.36. The fourth-order valence-corrected chi connectivity index (χ4v) is 4.52. The Morgan fingerprint density at radius 2 is 1.79 bits per heavy atom. The second kappa shape index (κ2) is 11.4. The first-order valence-electron chi connectivity index (χ1n) is 13.2. The van der Waals surface area contributed by atoms with Crippen molar-refractivity contribution in [2.45, 2.75) is 13.5 Å². The SMILES string of the molecule is CCOc1cc(C=Nn2c(-c3cc4ccccc4o3)nc3ccccc3c2=O)ccc1OCc1cccc([N+](=O)[O-])c1. The van der Waals surface area contributed by atoms with Crippen LogP contribution in [-0.4, -0.2) is 27.4 Å². The first-order valence-corrected chi connectivity index (χ1v) is 13.2. The van der Waals surface area contributed by atoms with E-state index in [4.69, 9.17) is 18.9 Å². The lowest BCUT2D eigenvalue weighted by molar-refractivity contribution is -0.384. The third kappa shape index (κ3) is 5.33. The third-order valence-electron chi connectivity index (χ3n) is 6.51. The summed E-state index contributed by atoms with van der Waals surface area (Å²) in [4.78, 5) is 28.9. The maximum atomic E-state index is 13.5. The molecule has 42 heavy (non-hydrogen) atoms. The molecular formula is C32H24N4O6. The van der Waals surface area contributed by atoms with Gasteiger partial charge in [-0.15, -0.1) is 0 Å². The Labute approximate surface area is 239 Å². The molecule has 0 spiro atoms. The van der Waals surface area contributed by atoms with E-state index >= 15 is 0 Å². The van der Waals surface area contributed by atoms with Gasteiger partial charge >= 0.3 is 0 Å². The van der Waals surface area contributed by atoms with Gasteiger partial charge in [-0.25, -0.2) is 4.98 Å². The van der Waals surface area contributed by atoms with Crippen LogP contribution in [-0.2, 0) is 6.61 Å². The number of furan rings is 1. The van der Waals surface area contributed by atoms with Crippen LogP contribution in [0.3, 0.4) is 0 Å². The molecule has 0 amide bonds. The largest absolute Gasteiger partial charge is 0.490 e. The van der Waals surface area contributed by atoms with Gasteiger partial charge in [-0.2, -0.15) is 9.78 Å². The van der Waals surface area contributed by atoms with Crippen LogP contribution in [0.4, 0.5) is 5.69 Å². The number of rotatable bonds is 9. The fourth-order valence-electron chi connectivity index (χ4n) is 4.52. The topological polar surface area (TPSA) is 122 Å². The number of hydrogen-bond donors (Lipinski definition) is 0. The quantitative estimate of drug-likeness (QED) is 0.111. The molecule has 0 bridgehead atoms. The maximum absolute atomic E-state index is 13.5. The van der Waals surface area contributed by atoms with Crippen molar-refractivity contribution >= 4 is 33.8 Å². The summed E-state index contributed by atoms with van der Waals surface area (Å²) in [7, 11) is 0. The predicted molar refractivity (Wildman–Crippen MR) is 159 cm³/mol. The molecule has 0 aliphatic carbocycles. The molecule has 0 aliphatic rings. The van der Waals surface area contributed by atoms with Gasteiger partial charge in [0.25, 0.3) is 11.2 Å². The van der Waals surface area contributed by atoms with Crippen molar-refractivity contribution in [3.8, 4) is 23.1 Å². The highest BCUT2D eigenvalue weighted by molar-refractivity contribution is 5.85. The van der Waals surface area contributed by atoms with E-state index in [9.17, 15) is 14.9 Å². The number of aromatic nitrogens is 2. The Balaban J connectivity index is 1.35. The third-order valence-corrected chi connectivity index (χ3v) is 6.51. The monoisotopic (exact) mass is 560 g/mol. The van der Waals surface area contributed by atoms with Gasteiger partial charge in [0.1, 0.15) is 12.2 Å². The van der Waals surface area contributed by atoms with E-state index in [1.165, 1.54) is 23.0 Å². The van der Waals surface area contributed by atoms with Gasteiger partial charge < -0.3 is 13.9 Å². The van der Waals surface area contributed by atoms with E-state index in [2.05, 4.69) is 5.10 Å². The summed E-state index contributed by atoms with van der Waals surface area (Å²) in [6.07, 6.45) is 1.54. The van der Waals surface area contributed by atoms with E-state index < -0.39 is 4.92 Å². The number of ether oxygens (including phenoxy) is 2. The molecule has 10 nitrogen and oxygen atoms in total. The summed E-state index contributed by atoms with van der Waals surface area (Å²) in [5.74, 6) is 1.62. The Morgan fingerprint density at radius 1 is 0.952 bits per heavy atom. The zero-order valence-corrected chi connectivity index (χ0v) is 22.5. The van der Waals surface area contributed by atoms with Gasteiger partial charge in [0, 0.05) is 17.5 Å². The van der Waals surface area contributed by atoms with Crippen molar-refractivity contribution < 1.29 is 18.8 Å². The highest BCUT2D eigenvalue weighted by Crippen LogP contribution is 2.30. The fraction of sp³-hybridized carbons (Fsp3) is 0.0938. The summed E-state index contributed by atoms with van der Waals surface area (Å²) >= 11 is 0. The Bertz CT molecular complexity index is 1990. The van der Waals surface area contributed by atoms with Gasteiger partial charge in [0.05, 0.1) is 28.6 Å². The number of nitro groups is 1. The molecule has 6 aromatic rings. The number of nitro benzene ring substituents is 1. The maximum Gasteiger partial charge on any atom is 0.282 e. The highest BCUT2D eigenvalue weighted by Gasteiger charge is 2.16. The van der Waals surface area contributed by atoms with Crippen LogP contribution in [0.1, 0.15) is 18.1 Å². The van der Waals surface area contributed by atoms with Gasteiger partial charge in [-0.1, -0.05) is 42.5 Å². The predicted octanol–water partition coefficient (Wildman–Crippen LogP) is 6.58. The molecule has 0 atom stereocenters. The van der Waals surface area contributed by atoms with E-state index in [0.717, 1.165) is 5.39 Å². The van der Waals surface area contributed by atoms with Crippen LogP contribution in [0.5, 0.6) is 11.5 Å². The number of hydrogen-bond acceptors (Lipinski definition) is 8. The lowest BCUT2D eigenvalue weighted by Gasteiger charge is -2.13. The van der Waals surface area contributed by atoms with Crippen LogP contribution in [0.15, 0.2) is 111 Å². The molecule has 208 valence electrons. The molecule has 0 radical (unpaired) electrons. The number of benzene rings is 4. The van der Waals surface area contributed by atoms with Crippen LogP contribution in [0.2, 0.25) is 0 Å². The van der Waals surface area contributed by atoms with E-state index in [1.807, 2.05) is 43.3 Å². The van der Waals surface area contributed by atoms with Crippen molar-refractivity contribution in [2.75, 3.05) is 6.61 Å². The molecular weight excluding hydrogens is 536 g/mol. The number of nitrogens with zero attached hydrogens (tertiary/aromatic N) is 4. The lowest BCUT2D eigenvalue weighted by atomic mass is 10.2. The summed E-state index contributed by atoms with van der Waals surface area (Å²) in [6, 6.07) is 28.0. The second-order valence-corrected chi connectivity index (χ2v) is 9.32. The number of non-ortho nitro benzene ring substituents is 1. The smallest absolute Gasteiger partial charge is 0.282 e. The zero-order chi connectivity index (χ0) is 29.1. The normalized spacial score (nSPS) is 11.4. The molecule has 0 aliphatic heterocycles. The van der Waals surface area contributed by atoms with Gasteiger partial charge in [0.2, 0.25) is 5.82 Å². The van der Waals surface area contributed by atoms with Crippen molar-refractivity contribution in [3.63, 3.8) is 0 Å². The molecule has 2 aromatic heterocycles. The molecule has 0 saturated carbocycles. The molecule has 10 heteroatoms. The average molecular weight is 561 g/mol. The second-order valence-electron chi connectivity index (χ2n) is 9.32. The minimum atomic E-state index is -0.445. The zero-order valence-electron chi connectivity index (χ0n) is 22.5. The first-order chi connectivity index (χ1) is 20.5. The van der Waals surface area contributed by atoms with Gasteiger partial charge in [-0.05, 0) is 60.5 Å². The van der Waals surface area contributed by atoms with Crippen LogP contribution in [0, 0.1) is 10.1 Å². The first kappa shape index (κ1) is 26.5. The number of para-hydroxylation sites is 2. The minimum Gasteiger partial charge on any atom is -0.490 e. The molecule has 0 unspecified atom stereocenters. The molecule has 0 saturated heterocycles. The standard InChI is InChI=1S/C32H24N4O6/c1-2-40-29-17-21(14-15-28(29)41-20-22-8-7-10-24(16-22)36(38)39)19-33-35-31(30-18-23-9-3-6-13-27(23)42-30)34-26-12-5-4-11-25(26)32(35)37/h3-19H,2,20H2,1H3. The average Bonchev–Trinajstić information content (AvgIpc) is 3.45. The van der Waals surface area contributed by atoms with E-state index in [1.54, 1.807) is 48.5 Å². The Hall–Kier alpha value is -5.77. The summed E-state index contributed by atoms with van der Waals surface area (Å²) in [5.41, 5.74) is 2.17.